The summed E-state index contributed by atoms with van der Waals surface area (Å²) in [6.07, 6.45) is 0. The Labute approximate surface area is 189 Å². The molecule has 0 saturated carbocycles. The van der Waals surface area contributed by atoms with Gasteiger partial charge in [-0.05, 0) is 36.8 Å². The van der Waals surface area contributed by atoms with E-state index in [0.717, 1.165) is 48.2 Å². The average molecular weight is 466 g/mol. The number of anilines is 2. The lowest BCUT2D eigenvalue weighted by atomic mass is 10.1. The van der Waals surface area contributed by atoms with E-state index in [0.29, 0.717) is 15.6 Å². The fourth-order valence-corrected chi connectivity index (χ4v) is 5.28. The van der Waals surface area contributed by atoms with Gasteiger partial charge in [-0.25, -0.2) is 8.42 Å². The van der Waals surface area contributed by atoms with Crippen molar-refractivity contribution >= 4 is 56.2 Å². The van der Waals surface area contributed by atoms with Crippen molar-refractivity contribution in [3.8, 4) is 0 Å². The van der Waals surface area contributed by atoms with Gasteiger partial charge in [0.05, 0.1) is 10.6 Å². The lowest BCUT2D eigenvalue weighted by molar-refractivity contribution is 0.589. The molecular formula is C22H25Cl2N3O2S. The molecule has 4 rings (SSSR count). The van der Waals surface area contributed by atoms with Gasteiger partial charge in [0.25, 0.3) is 10.0 Å². The number of aryl methyl sites for hydroxylation is 1. The summed E-state index contributed by atoms with van der Waals surface area (Å²) < 4.78 is 28.3. The van der Waals surface area contributed by atoms with Crippen LogP contribution < -0.4 is 14.5 Å². The zero-order valence-electron chi connectivity index (χ0n) is 16.9. The Bertz CT molecular complexity index is 1160. The molecule has 1 aliphatic heterocycles. The predicted octanol–water partition coefficient (Wildman–Crippen LogP) is 4.46. The second-order valence-corrected chi connectivity index (χ2v) is 9.62. The molecule has 0 unspecified atom stereocenters. The standard InChI is InChI=1S/C22H24ClN3O2S.ClH/c1-16-7-8-17(15-20(16)23)25(2)29(27,28)22-10-9-21(26-13-11-24-12-14-26)18-5-3-4-6-19(18)22;/h3-10,15,24H,11-14H2,1-2H3;1H. The van der Waals surface area contributed by atoms with Crippen LogP contribution in [0.5, 0.6) is 0 Å². The van der Waals surface area contributed by atoms with Crippen LogP contribution in [0.3, 0.4) is 0 Å². The van der Waals surface area contributed by atoms with Crippen LogP contribution in [0.15, 0.2) is 59.5 Å². The first-order valence-electron chi connectivity index (χ1n) is 9.62. The zero-order chi connectivity index (χ0) is 20.6. The molecule has 5 nitrogen and oxygen atoms in total. The minimum atomic E-state index is -3.75. The Morgan fingerprint density at radius 2 is 1.67 bits per heavy atom. The lowest BCUT2D eigenvalue weighted by Crippen LogP contribution is -2.43. The first kappa shape index (κ1) is 22.7. The second-order valence-electron chi connectivity index (χ2n) is 7.27. The quantitative estimate of drug-likeness (QED) is 0.617. The van der Waals surface area contributed by atoms with Gasteiger partial charge in [-0.2, -0.15) is 0 Å². The number of nitrogens with zero attached hydrogens (tertiary/aromatic N) is 2. The van der Waals surface area contributed by atoms with Crippen molar-refractivity contribution in [3.05, 3.63) is 65.2 Å². The molecule has 160 valence electrons. The van der Waals surface area contributed by atoms with Gasteiger partial charge in [0.1, 0.15) is 0 Å². The topological polar surface area (TPSA) is 52.7 Å². The molecule has 1 fully saturated rings. The zero-order valence-corrected chi connectivity index (χ0v) is 19.3. The van der Waals surface area contributed by atoms with Gasteiger partial charge in [0, 0.05) is 54.7 Å². The number of hydrogen-bond donors (Lipinski definition) is 1. The van der Waals surface area contributed by atoms with Crippen molar-refractivity contribution in [2.24, 2.45) is 0 Å². The van der Waals surface area contributed by atoms with Gasteiger partial charge < -0.3 is 10.2 Å². The van der Waals surface area contributed by atoms with Crippen molar-refractivity contribution < 1.29 is 8.42 Å². The van der Waals surface area contributed by atoms with Crippen molar-refractivity contribution in [1.82, 2.24) is 5.32 Å². The Morgan fingerprint density at radius 3 is 2.33 bits per heavy atom. The van der Waals surface area contributed by atoms with E-state index in [2.05, 4.69) is 10.2 Å². The molecule has 3 aromatic rings. The third kappa shape index (κ3) is 4.10. The van der Waals surface area contributed by atoms with Gasteiger partial charge >= 0.3 is 0 Å². The van der Waals surface area contributed by atoms with Gasteiger partial charge in [0.15, 0.2) is 0 Å². The fourth-order valence-electron chi connectivity index (χ4n) is 3.73. The largest absolute Gasteiger partial charge is 0.368 e. The lowest BCUT2D eigenvalue weighted by Gasteiger charge is -2.31. The molecule has 0 bridgehead atoms. The van der Waals surface area contributed by atoms with Crippen molar-refractivity contribution in [2.75, 3.05) is 42.4 Å². The van der Waals surface area contributed by atoms with Crippen LogP contribution in [0, 0.1) is 6.92 Å². The Morgan fingerprint density at radius 1 is 1.00 bits per heavy atom. The van der Waals surface area contributed by atoms with E-state index in [1.54, 1.807) is 25.2 Å². The van der Waals surface area contributed by atoms with Crippen LogP contribution in [0.25, 0.3) is 10.8 Å². The number of benzene rings is 3. The molecule has 30 heavy (non-hydrogen) atoms. The smallest absolute Gasteiger partial charge is 0.264 e. The number of nitrogens with one attached hydrogen (secondary N) is 1. The maximum atomic E-state index is 13.5. The van der Waals surface area contributed by atoms with Crippen molar-refractivity contribution in [3.63, 3.8) is 0 Å². The normalized spacial score (nSPS) is 14.4. The van der Waals surface area contributed by atoms with E-state index in [-0.39, 0.29) is 12.4 Å². The minimum absolute atomic E-state index is 0. The average Bonchev–Trinajstić information content (AvgIpc) is 2.75. The maximum absolute atomic E-state index is 13.5. The van der Waals surface area contributed by atoms with E-state index >= 15 is 0 Å². The highest BCUT2D eigenvalue weighted by Crippen LogP contribution is 2.35. The van der Waals surface area contributed by atoms with Crippen LogP contribution in [-0.2, 0) is 10.0 Å². The molecule has 0 amide bonds. The van der Waals surface area contributed by atoms with E-state index in [1.165, 1.54) is 4.31 Å². The highest BCUT2D eigenvalue weighted by atomic mass is 35.5. The summed E-state index contributed by atoms with van der Waals surface area (Å²) in [7, 11) is -2.19. The van der Waals surface area contributed by atoms with Gasteiger partial charge in [-0.1, -0.05) is 41.9 Å². The molecule has 8 heteroatoms. The molecule has 0 spiro atoms. The monoisotopic (exact) mass is 465 g/mol. The number of halogens is 2. The third-order valence-corrected chi connectivity index (χ3v) is 7.73. The van der Waals surface area contributed by atoms with E-state index < -0.39 is 10.0 Å². The van der Waals surface area contributed by atoms with Crippen LogP contribution >= 0.6 is 24.0 Å². The molecule has 0 aliphatic carbocycles. The van der Waals surface area contributed by atoms with Gasteiger partial charge in [-0.15, -0.1) is 12.4 Å². The number of fused-ring (bicyclic) bond motifs is 1. The molecule has 1 N–H and O–H groups in total. The van der Waals surface area contributed by atoms with Crippen LogP contribution in [0.4, 0.5) is 11.4 Å². The van der Waals surface area contributed by atoms with Crippen LogP contribution in [0.2, 0.25) is 5.02 Å². The Hall–Kier alpha value is -1.99. The third-order valence-electron chi connectivity index (χ3n) is 5.48. The van der Waals surface area contributed by atoms with Crippen molar-refractivity contribution in [1.29, 1.82) is 0 Å². The van der Waals surface area contributed by atoms with Gasteiger partial charge in [-0.3, -0.25) is 4.31 Å². The number of piperazine rings is 1. The summed E-state index contributed by atoms with van der Waals surface area (Å²) in [5, 5.41) is 5.58. The summed E-state index contributed by atoms with van der Waals surface area (Å²) in [6.45, 7) is 5.54. The molecule has 3 aromatic carbocycles. The molecule has 1 aliphatic rings. The van der Waals surface area contributed by atoms with Gasteiger partial charge in [0.2, 0.25) is 0 Å². The SMILES string of the molecule is Cc1ccc(N(C)S(=O)(=O)c2ccc(N3CCNCC3)c3ccccc23)cc1Cl.Cl. The highest BCUT2D eigenvalue weighted by molar-refractivity contribution is 7.93. The molecular weight excluding hydrogens is 441 g/mol. The predicted molar refractivity (Wildman–Crippen MR) is 128 cm³/mol. The highest BCUT2D eigenvalue weighted by Gasteiger charge is 2.25. The molecule has 0 aromatic heterocycles. The molecule has 0 radical (unpaired) electrons. The van der Waals surface area contributed by atoms with E-state index in [4.69, 9.17) is 11.6 Å². The summed E-state index contributed by atoms with van der Waals surface area (Å²) in [4.78, 5) is 2.60. The Balaban J connectivity index is 0.00000256. The van der Waals surface area contributed by atoms with E-state index in [1.807, 2.05) is 43.3 Å². The summed E-state index contributed by atoms with van der Waals surface area (Å²) >= 11 is 6.22. The summed E-state index contributed by atoms with van der Waals surface area (Å²) in [5.74, 6) is 0. The first-order chi connectivity index (χ1) is 13.9. The van der Waals surface area contributed by atoms with Crippen LogP contribution in [-0.4, -0.2) is 41.6 Å². The maximum Gasteiger partial charge on any atom is 0.264 e. The second kappa shape index (κ2) is 9.02. The molecule has 0 atom stereocenters. The molecule has 1 heterocycles. The summed E-state index contributed by atoms with van der Waals surface area (Å²) in [6, 6.07) is 16.6. The van der Waals surface area contributed by atoms with Crippen molar-refractivity contribution in [2.45, 2.75) is 11.8 Å². The fraction of sp³-hybridized carbons (Fsp3) is 0.273. The number of hydrogen-bond acceptors (Lipinski definition) is 4. The number of sulfonamides is 1. The minimum Gasteiger partial charge on any atom is -0.368 e. The molecule has 1 saturated heterocycles. The van der Waals surface area contributed by atoms with E-state index in [9.17, 15) is 8.42 Å². The Kier molecular flexibility index (Phi) is 6.82. The number of rotatable bonds is 4. The first-order valence-corrected chi connectivity index (χ1v) is 11.4. The summed E-state index contributed by atoms with van der Waals surface area (Å²) in [5.41, 5.74) is 2.52. The van der Waals surface area contributed by atoms with Crippen LogP contribution in [0.1, 0.15) is 5.56 Å².